The second kappa shape index (κ2) is 27.9. The fourth-order valence-electron chi connectivity index (χ4n) is 15.4. The molecule has 0 spiro atoms. The molecule has 12 atom stereocenters. The number of aliphatic hydroxyl groups excluding tert-OH is 6. The van der Waals surface area contributed by atoms with E-state index >= 15 is 0 Å². The summed E-state index contributed by atoms with van der Waals surface area (Å²) in [7, 11) is 0. The number of aryl methyl sites for hydroxylation is 1. The van der Waals surface area contributed by atoms with Crippen LogP contribution in [0.3, 0.4) is 0 Å². The standard InChI is InChI=1S/C68H94N2O12/c1-4-5-17-58(74)59(75)30-23-48-22-21-47-15-8-7-14-46(47)16-13-36-68(65(3,82)67(34-9-6-10-35-67)51-24-26-52(72)27-25-51)41-45-19-20-49(50(37-45)42-66(64(80)81)32-11-12-33-66)38-61(77)54-28-18-44(2)69-63(56(54)40-62(78)79)60(76)31-29-57(70-68)55(48)39-53(73)43-71/h7-8,14-15,19-20,23-27,30,37,44,53-54,56-61,63,69-77,82H,4-6,9-12,17-18,21-22,28-29,31-36,38-43H2,1-3H3,(H,78,79)(H,80,81)/b30-23+,55-48+/t44-,53+,54-,56-,57-,58+,59-,60-,61-,63-,65+,68-/m1/s1. The molecule has 14 heteroatoms. The lowest BCUT2D eigenvalue weighted by atomic mass is 9.52. The van der Waals surface area contributed by atoms with Crippen LogP contribution in [0.25, 0.3) is 0 Å². The molecule has 3 fully saturated rings. The molecule has 6 aliphatic rings. The molecule has 0 aromatic heterocycles. The number of fused-ring (bicyclic) bond motifs is 6. The summed E-state index contributed by atoms with van der Waals surface area (Å²) in [6.45, 7) is 5.32. The second-order valence-corrected chi connectivity index (χ2v) is 25.6. The number of allylic oxidation sites excluding steroid dienone is 2. The maximum Gasteiger partial charge on any atom is 0.309 e. The van der Waals surface area contributed by atoms with Gasteiger partial charge in [0.1, 0.15) is 5.75 Å². The smallest absolute Gasteiger partial charge is 0.309 e. The minimum absolute atomic E-state index is 0.0511. The third kappa shape index (κ3) is 14.2. The fourth-order valence-corrected chi connectivity index (χ4v) is 15.4. The zero-order valence-electron chi connectivity index (χ0n) is 48.7. The lowest BCUT2D eigenvalue weighted by Crippen LogP contribution is -2.73. The Kier molecular flexibility index (Phi) is 21.4. The number of phenols is 1. The van der Waals surface area contributed by atoms with Crippen LogP contribution < -0.4 is 10.6 Å². The molecule has 1 saturated heterocycles. The molecule has 3 aromatic carbocycles. The SMILES string of the molecule is CCCC[C@H](O)[C@H](O)/C=C/C1=C(\C[C@H](O)CO)[C@H]2CC[C@@H](O)[C@@H]3N[C@H](C)CC[C@H]([C@H]3CC(=O)O)[C@H](O)Cc3ccc(cc3CC3(C(=O)O)CCCC3)C[C@@]([C@@](C)(O)C3(c4ccc(O)cc4)CCCCC3)(CC#Cc3ccccc3CC1)N2. The van der Waals surface area contributed by atoms with Gasteiger partial charge in [0.25, 0.3) is 0 Å². The monoisotopic (exact) mass is 1130 g/mol. The van der Waals surface area contributed by atoms with Gasteiger partial charge < -0.3 is 61.7 Å². The number of aromatic hydroxyl groups is 1. The highest BCUT2D eigenvalue weighted by Crippen LogP contribution is 2.54. The van der Waals surface area contributed by atoms with Crippen LogP contribution >= 0.6 is 0 Å². The van der Waals surface area contributed by atoms with Crippen molar-refractivity contribution in [3.8, 4) is 17.6 Å². The van der Waals surface area contributed by atoms with Gasteiger partial charge in [-0.3, -0.25) is 9.59 Å². The summed E-state index contributed by atoms with van der Waals surface area (Å²) in [6, 6.07) is 19.2. The minimum Gasteiger partial charge on any atom is -0.508 e. The minimum atomic E-state index is -1.74. The van der Waals surface area contributed by atoms with Gasteiger partial charge in [0, 0.05) is 35.5 Å². The van der Waals surface area contributed by atoms with Crippen molar-refractivity contribution >= 4 is 11.9 Å². The number of aliphatic carboxylic acids is 2. The van der Waals surface area contributed by atoms with Crippen LogP contribution in [0, 0.1) is 29.1 Å². The zero-order valence-corrected chi connectivity index (χ0v) is 48.7. The molecule has 4 heterocycles. The summed E-state index contributed by atoms with van der Waals surface area (Å²) < 4.78 is 0. The first-order valence-corrected chi connectivity index (χ1v) is 30.8. The Morgan fingerprint density at radius 3 is 2.28 bits per heavy atom. The Morgan fingerprint density at radius 1 is 0.866 bits per heavy atom. The molecule has 14 nitrogen and oxygen atoms in total. The highest BCUT2D eigenvalue weighted by Gasteiger charge is 2.61. The Balaban J connectivity index is 1.47. The van der Waals surface area contributed by atoms with Crippen LogP contribution in [-0.4, -0.2) is 129 Å². The number of unbranched alkanes of at least 4 members (excludes halogenated alkanes) is 1. The molecular weight excluding hydrogens is 1040 g/mol. The predicted octanol–water partition coefficient (Wildman–Crippen LogP) is 8.27. The molecule has 6 bridgehead atoms. The first-order chi connectivity index (χ1) is 39.2. The predicted molar refractivity (Wildman–Crippen MR) is 317 cm³/mol. The van der Waals surface area contributed by atoms with Gasteiger partial charge in [-0.15, -0.1) is 0 Å². The molecule has 2 aliphatic carbocycles. The van der Waals surface area contributed by atoms with Crippen LogP contribution in [0.15, 0.2) is 90.0 Å². The van der Waals surface area contributed by atoms with E-state index in [2.05, 4.69) is 28.5 Å². The summed E-state index contributed by atoms with van der Waals surface area (Å²) in [5.41, 5.74) is 0.963. The molecule has 3 aromatic rings. The normalized spacial score (nSPS) is 29.8. The topological polar surface area (TPSA) is 260 Å². The molecule has 448 valence electrons. The molecule has 4 aliphatic heterocycles. The van der Waals surface area contributed by atoms with Crippen molar-refractivity contribution in [3.05, 3.63) is 123 Å². The molecule has 2 saturated carbocycles. The largest absolute Gasteiger partial charge is 0.508 e. The highest BCUT2D eigenvalue weighted by molar-refractivity contribution is 5.75. The number of benzene rings is 3. The second-order valence-electron chi connectivity index (χ2n) is 25.6. The number of nitrogens with one attached hydrogen (secondary N) is 2. The fraction of sp³-hybridized carbons (Fsp3) is 0.618. The Morgan fingerprint density at radius 2 is 1.59 bits per heavy atom. The number of phenolic OH excluding ortho intramolecular Hbond substituents is 1. The zero-order chi connectivity index (χ0) is 58.8. The van der Waals surface area contributed by atoms with E-state index in [4.69, 9.17) is 0 Å². The third-order valence-electron chi connectivity index (χ3n) is 20.2. The van der Waals surface area contributed by atoms with Crippen molar-refractivity contribution in [2.45, 2.75) is 240 Å². The molecular formula is C68H94N2O12. The average molecular weight is 1130 g/mol. The lowest BCUT2D eigenvalue weighted by Gasteiger charge is -2.59. The van der Waals surface area contributed by atoms with Gasteiger partial charge in [-0.25, -0.2) is 0 Å². The highest BCUT2D eigenvalue weighted by atomic mass is 16.4. The van der Waals surface area contributed by atoms with E-state index < -0.39 is 95.0 Å². The van der Waals surface area contributed by atoms with Gasteiger partial charge >= 0.3 is 11.9 Å². The Bertz CT molecular complexity index is 2750. The molecule has 0 radical (unpaired) electrons. The van der Waals surface area contributed by atoms with Crippen molar-refractivity contribution in [2.75, 3.05) is 6.61 Å². The summed E-state index contributed by atoms with van der Waals surface area (Å²) in [5.74, 6) is 4.02. The summed E-state index contributed by atoms with van der Waals surface area (Å²) in [5, 5.41) is 126. The van der Waals surface area contributed by atoms with Gasteiger partial charge in [0.15, 0.2) is 0 Å². The number of carbonyl (C=O) groups is 2. The van der Waals surface area contributed by atoms with Gasteiger partial charge in [-0.05, 0) is 179 Å². The summed E-state index contributed by atoms with van der Waals surface area (Å²) >= 11 is 0. The van der Waals surface area contributed by atoms with E-state index in [0.29, 0.717) is 75.4 Å². The summed E-state index contributed by atoms with van der Waals surface area (Å²) in [6.07, 6.45) is 7.92. The Labute approximate surface area is 486 Å². The number of carboxylic acid groups (broad SMARTS) is 2. The van der Waals surface area contributed by atoms with Crippen molar-refractivity contribution in [3.63, 3.8) is 0 Å². The average Bonchev–Trinajstić information content (AvgIpc) is 1.28. The van der Waals surface area contributed by atoms with E-state index in [1.54, 1.807) is 18.2 Å². The summed E-state index contributed by atoms with van der Waals surface area (Å²) in [4.78, 5) is 26.6. The Hall–Kier alpha value is -4.92. The van der Waals surface area contributed by atoms with Crippen LogP contribution in [-0.2, 0) is 40.7 Å². The van der Waals surface area contributed by atoms with Crippen molar-refractivity contribution in [2.24, 2.45) is 17.3 Å². The van der Waals surface area contributed by atoms with Crippen LogP contribution in [0.5, 0.6) is 5.75 Å². The molecule has 12 N–H and O–H groups in total. The van der Waals surface area contributed by atoms with E-state index in [-0.39, 0.29) is 63.2 Å². The van der Waals surface area contributed by atoms with Gasteiger partial charge in [0.05, 0.1) is 60.1 Å². The van der Waals surface area contributed by atoms with E-state index in [1.807, 2.05) is 75.4 Å². The first kappa shape index (κ1) is 63.1. The number of aliphatic hydroxyl groups is 7. The number of hydrogen-bond donors (Lipinski definition) is 12. The van der Waals surface area contributed by atoms with Gasteiger partial charge in [0.2, 0.25) is 0 Å². The van der Waals surface area contributed by atoms with Crippen LogP contribution in [0.2, 0.25) is 0 Å². The molecule has 9 rings (SSSR count). The van der Waals surface area contributed by atoms with E-state index in [1.165, 1.54) is 0 Å². The van der Waals surface area contributed by atoms with Crippen LogP contribution in [0.1, 0.15) is 183 Å². The van der Waals surface area contributed by atoms with Gasteiger partial charge in [-0.2, -0.15) is 0 Å². The van der Waals surface area contributed by atoms with E-state index in [9.17, 15) is 60.7 Å². The lowest BCUT2D eigenvalue weighted by molar-refractivity contribution is -0.148. The molecule has 82 heavy (non-hydrogen) atoms. The van der Waals surface area contributed by atoms with Gasteiger partial charge in [-0.1, -0.05) is 124 Å². The quantitative estimate of drug-likeness (QED) is 0.0568. The maximum absolute atomic E-state index is 14.8. The maximum atomic E-state index is 14.8. The number of hydrogen-bond acceptors (Lipinski definition) is 12. The molecule has 0 amide bonds. The van der Waals surface area contributed by atoms with E-state index in [0.717, 1.165) is 71.9 Å². The van der Waals surface area contributed by atoms with Crippen molar-refractivity contribution < 1.29 is 60.7 Å². The van der Waals surface area contributed by atoms with Crippen LogP contribution in [0.4, 0.5) is 0 Å². The first-order valence-electron chi connectivity index (χ1n) is 30.8. The molecule has 0 unspecified atom stereocenters. The third-order valence-corrected chi connectivity index (χ3v) is 20.2. The number of carboxylic acids is 2. The van der Waals surface area contributed by atoms with Crippen molar-refractivity contribution in [1.29, 1.82) is 0 Å². The number of rotatable bonds is 17. The van der Waals surface area contributed by atoms with Crippen molar-refractivity contribution in [1.82, 2.24) is 10.6 Å².